The Hall–Kier alpha value is -13.7. The molecule has 19 rings (SSSR count). The van der Waals surface area contributed by atoms with Gasteiger partial charge in [0.1, 0.15) is 72.9 Å². The van der Waals surface area contributed by atoms with Gasteiger partial charge in [-0.3, -0.25) is 26.4 Å². The van der Waals surface area contributed by atoms with Crippen molar-refractivity contribution in [1.82, 2.24) is 107 Å². The van der Waals surface area contributed by atoms with Gasteiger partial charge in [0.05, 0.1) is 45.5 Å². The first-order chi connectivity index (χ1) is 55.9. The maximum atomic E-state index is 4.78. The molecule has 12 aromatic heterocycles. The van der Waals surface area contributed by atoms with Crippen molar-refractivity contribution in [2.75, 3.05) is 83.6 Å². The molecule has 28 nitrogen and oxygen atoms in total. The third-order valence-corrected chi connectivity index (χ3v) is 19.5. The van der Waals surface area contributed by atoms with Gasteiger partial charge in [0.15, 0.2) is 11.3 Å². The monoisotopic (exact) mass is 1520 g/mol. The van der Waals surface area contributed by atoms with Crippen molar-refractivity contribution in [3.05, 3.63) is 226 Å². The molecule has 12 heterocycles. The van der Waals surface area contributed by atoms with Gasteiger partial charge < -0.3 is 30.2 Å². The fourth-order valence-electron chi connectivity index (χ4n) is 14.0. The summed E-state index contributed by atoms with van der Waals surface area (Å²) < 4.78 is 11.7. The van der Waals surface area contributed by atoms with Crippen molar-refractivity contribution < 1.29 is 0 Å². The van der Waals surface area contributed by atoms with Gasteiger partial charge in [0, 0.05) is 97.4 Å². The number of anilines is 7. The molecule has 0 aliphatic heterocycles. The van der Waals surface area contributed by atoms with Gasteiger partial charge in [-0.05, 0) is 145 Å². The number of fused-ring (bicyclic) bond motifs is 18. The van der Waals surface area contributed by atoms with Crippen LogP contribution in [0.1, 0.15) is 99.5 Å². The molecule has 0 aliphatic carbocycles. The first-order valence-electron chi connectivity index (χ1n) is 39.2. The smallest absolute Gasteiger partial charge is 0.257 e. The van der Waals surface area contributed by atoms with Crippen molar-refractivity contribution in [2.24, 2.45) is 0 Å². The third-order valence-electron chi connectivity index (χ3n) is 19.5. The van der Waals surface area contributed by atoms with Crippen LogP contribution in [-0.2, 0) is 0 Å². The molecule has 0 aliphatic rings. The lowest BCUT2D eigenvalue weighted by Crippen LogP contribution is -2.27. The van der Waals surface area contributed by atoms with Crippen LogP contribution in [0.5, 0.6) is 0 Å². The summed E-state index contributed by atoms with van der Waals surface area (Å²) >= 11 is 0. The van der Waals surface area contributed by atoms with E-state index in [1.54, 1.807) is 44.0 Å². The number of nitrogens with zero attached hydrogens (tertiary/aromatic N) is 26. The highest BCUT2D eigenvalue weighted by atomic mass is 15.3. The molecular formula is C86H96N28. The summed E-state index contributed by atoms with van der Waals surface area (Å²) in [6.07, 6.45) is 21.0. The quantitative estimate of drug-likeness (QED) is 0.0717. The maximum absolute atomic E-state index is 4.78. The number of benzene rings is 7. The van der Waals surface area contributed by atoms with Crippen LogP contribution in [0.25, 0.3) is 99.8 Å². The first kappa shape index (κ1) is 77.1. The molecule has 0 radical (unpaired) electrons. The molecule has 0 unspecified atom stereocenters. The Morgan fingerprint density at radius 2 is 0.684 bits per heavy atom. The minimum atomic E-state index is 0.330. The van der Waals surface area contributed by atoms with Gasteiger partial charge in [-0.25, -0.2) is 19.9 Å². The van der Waals surface area contributed by atoms with Crippen LogP contribution in [-0.4, -0.2) is 166 Å². The van der Waals surface area contributed by atoms with Gasteiger partial charge in [0.25, 0.3) is 23.1 Å². The summed E-state index contributed by atoms with van der Waals surface area (Å²) in [5.74, 6) is 8.27. The Morgan fingerprint density at radius 1 is 0.342 bits per heavy atom. The topological polar surface area (TPSA) is 270 Å². The summed E-state index contributed by atoms with van der Waals surface area (Å²) in [6.45, 7) is 25.4. The fraction of sp³-hybridized carbons (Fsp3) is 0.279. The summed E-state index contributed by atoms with van der Waals surface area (Å²) in [7, 11) is 4.00. The molecule has 19 aromatic rings. The zero-order valence-corrected chi connectivity index (χ0v) is 66.5. The third kappa shape index (κ3) is 16.5. The number of unbranched alkanes of at least 4 members (excludes halogenated alkanes) is 2. The molecule has 0 spiro atoms. The molecule has 0 atom stereocenters. The van der Waals surface area contributed by atoms with E-state index in [2.05, 4.69) is 226 Å². The number of para-hydroxylation sites is 7. The molecule has 0 saturated carbocycles. The number of imidazole rings is 2. The molecule has 0 fully saturated rings. The van der Waals surface area contributed by atoms with E-state index in [9.17, 15) is 0 Å². The summed E-state index contributed by atoms with van der Waals surface area (Å²) in [4.78, 5) is 45.2. The van der Waals surface area contributed by atoms with E-state index < -0.39 is 0 Å². The highest BCUT2D eigenvalue weighted by Crippen LogP contribution is 2.32. The summed E-state index contributed by atoms with van der Waals surface area (Å²) in [5, 5.41) is 45.6. The Morgan fingerprint density at radius 3 is 1.09 bits per heavy atom. The highest BCUT2D eigenvalue weighted by molar-refractivity contribution is 5.96. The lowest BCUT2D eigenvalue weighted by atomic mass is 10.2. The normalized spacial score (nSPS) is 11.3. The van der Waals surface area contributed by atoms with Gasteiger partial charge in [0.2, 0.25) is 0 Å². The van der Waals surface area contributed by atoms with Crippen molar-refractivity contribution in [1.29, 1.82) is 0 Å². The average molecular weight is 1520 g/mol. The SMILES string of the molecule is CC(C)Nc1nc2nncn2c2ccccc12.CCCCN(CCCC)c1nc2nncn2c2ccccc12.CCCN(CCC)c1nc2nncn2c2ccccc12.CCN(CC)c1nc2cncn2c2ccccc12.CN(C)c1nc2cncn2c2ccccc12.Cc1ccccc1Nc1nc2nncn2c2ccccc12. The molecule has 114 heavy (non-hydrogen) atoms. The van der Waals surface area contributed by atoms with Crippen LogP contribution in [0.2, 0.25) is 0 Å². The zero-order chi connectivity index (χ0) is 79.0. The number of hydrogen-bond acceptors (Lipinski definition) is 22. The Bertz CT molecular complexity index is 6390. The van der Waals surface area contributed by atoms with Gasteiger partial charge in [-0.1, -0.05) is 132 Å². The van der Waals surface area contributed by atoms with Crippen molar-refractivity contribution >= 4 is 140 Å². The minimum Gasteiger partial charge on any atom is -0.367 e. The lowest BCUT2D eigenvalue weighted by Gasteiger charge is -2.25. The number of hydrogen-bond donors (Lipinski definition) is 2. The number of aromatic nitrogens is 22. The molecule has 0 saturated heterocycles. The highest BCUT2D eigenvalue weighted by Gasteiger charge is 2.19. The first-order valence-corrected chi connectivity index (χ1v) is 39.2. The Labute approximate surface area is 660 Å². The van der Waals surface area contributed by atoms with E-state index in [1.807, 2.05) is 149 Å². The van der Waals surface area contributed by atoms with Gasteiger partial charge >= 0.3 is 0 Å². The number of rotatable bonds is 20. The largest absolute Gasteiger partial charge is 0.367 e. The predicted octanol–water partition coefficient (Wildman–Crippen LogP) is 16.7. The molecule has 7 aromatic carbocycles. The standard InChI is InChI=1S/C17H23N5.C16H13N5.C15H19N5.C14H16N4.C12H13N5.C12H12N4/c1-3-5-11-21(12-6-4-2)16-14-9-7-8-10-15(14)22-13-18-20-17(22)19-16;1-11-6-2-4-8-13(11)18-15-12-7-3-5-9-14(12)21-10-17-20-16(21)19-15;1-3-9-19(10-4-2)14-12-7-5-6-8-13(12)20-11-16-18-15(20)17-14;1-3-17(4-2)14-11-7-5-6-8-12(11)18-10-15-9-13(18)16-14;1-8(2)14-11-9-5-3-4-6-10(9)17-7-13-16-12(17)15-11;1-15(2)12-9-5-3-4-6-10(9)16-8-13-7-11(16)14-12/h7-10,13H,3-6,11-12H2,1-2H3;2-10H,1H3,(H,18,19,20);5-8,11H,3-4,9-10H2,1-2H3;5-10H,3-4H2,1-2H3;3-8H,1-2H3,(H,14,15,16);3-8H,1-2H3. The maximum Gasteiger partial charge on any atom is 0.257 e. The summed E-state index contributed by atoms with van der Waals surface area (Å²) in [6, 6.07) is 57.9. The average Bonchev–Trinajstić information content (AvgIpc) is 1.64. The van der Waals surface area contributed by atoms with Crippen LogP contribution < -0.4 is 30.2 Å². The number of aryl methyl sites for hydroxylation is 1. The Kier molecular flexibility index (Phi) is 24.3. The van der Waals surface area contributed by atoms with E-state index in [1.165, 1.54) is 42.0 Å². The lowest BCUT2D eigenvalue weighted by molar-refractivity contribution is 0.673. The van der Waals surface area contributed by atoms with Crippen LogP contribution in [0.4, 0.5) is 40.6 Å². The van der Waals surface area contributed by atoms with E-state index >= 15 is 0 Å². The zero-order valence-electron chi connectivity index (χ0n) is 66.5. The summed E-state index contributed by atoms with van der Waals surface area (Å²) in [5.41, 5.74) is 10.6. The van der Waals surface area contributed by atoms with Crippen molar-refractivity contribution in [3.8, 4) is 0 Å². The molecule has 580 valence electrons. The van der Waals surface area contributed by atoms with Crippen LogP contribution in [0, 0.1) is 6.92 Å². The van der Waals surface area contributed by atoms with Gasteiger partial charge in [-0.15, -0.1) is 40.8 Å². The predicted molar refractivity (Wildman–Crippen MR) is 460 cm³/mol. The minimum absolute atomic E-state index is 0.330. The van der Waals surface area contributed by atoms with E-state index in [-0.39, 0.29) is 0 Å². The van der Waals surface area contributed by atoms with E-state index in [0.29, 0.717) is 29.2 Å². The van der Waals surface area contributed by atoms with Crippen molar-refractivity contribution in [3.63, 3.8) is 0 Å². The number of nitrogens with one attached hydrogen (secondary N) is 2. The van der Waals surface area contributed by atoms with Crippen LogP contribution >= 0.6 is 0 Å². The molecule has 28 heteroatoms. The Balaban J connectivity index is 0.000000114. The second-order valence-corrected chi connectivity index (χ2v) is 28.0. The fourth-order valence-corrected chi connectivity index (χ4v) is 14.0. The van der Waals surface area contributed by atoms with Crippen LogP contribution in [0.15, 0.2) is 220 Å². The molecule has 2 N–H and O–H groups in total. The van der Waals surface area contributed by atoms with Crippen LogP contribution in [0.3, 0.4) is 0 Å². The van der Waals surface area contributed by atoms with E-state index in [4.69, 9.17) is 15.0 Å². The van der Waals surface area contributed by atoms with E-state index in [0.717, 1.165) is 159 Å². The molecule has 0 amide bonds. The van der Waals surface area contributed by atoms with Gasteiger partial charge in [-0.2, -0.15) is 19.9 Å². The molecular weight excluding hydrogens is 1430 g/mol. The molecule has 0 bridgehead atoms. The van der Waals surface area contributed by atoms with Crippen molar-refractivity contribution in [2.45, 2.75) is 107 Å². The second kappa shape index (κ2) is 36.0. The second-order valence-electron chi connectivity index (χ2n) is 28.0.